The van der Waals surface area contributed by atoms with E-state index in [1.54, 1.807) is 18.5 Å². The summed E-state index contributed by atoms with van der Waals surface area (Å²) in [5.74, 6) is 0. The summed E-state index contributed by atoms with van der Waals surface area (Å²) in [6.45, 7) is 7.98. The van der Waals surface area contributed by atoms with Gasteiger partial charge in [0.15, 0.2) is 0 Å². The highest BCUT2D eigenvalue weighted by atomic mass is 15.1. The number of hydrogen-bond donors (Lipinski definition) is 2. The third-order valence-electron chi connectivity index (χ3n) is 5.45. The highest BCUT2D eigenvalue weighted by Gasteiger charge is 2.16. The fourth-order valence-electron chi connectivity index (χ4n) is 3.93. The highest BCUT2D eigenvalue weighted by Crippen LogP contribution is 2.33. The van der Waals surface area contributed by atoms with Crippen molar-refractivity contribution in [3.63, 3.8) is 0 Å². The first-order valence-corrected chi connectivity index (χ1v) is 10.3. The molecule has 0 saturated carbocycles. The average Bonchev–Trinajstić information content (AvgIpc) is 3.41. The highest BCUT2D eigenvalue weighted by molar-refractivity contribution is 5.95. The number of aromatic amines is 2. The number of hydrogen-bond acceptors (Lipinski definition) is 4. The Morgan fingerprint density at radius 3 is 2.62 bits per heavy atom. The Balaban J connectivity index is 1.61. The van der Waals surface area contributed by atoms with Gasteiger partial charge < -0.3 is 4.98 Å². The van der Waals surface area contributed by atoms with Gasteiger partial charge in [-0.2, -0.15) is 5.10 Å². The predicted octanol–water partition coefficient (Wildman–Crippen LogP) is 5.64. The number of nitrogens with one attached hydrogen (secondary N) is 2. The van der Waals surface area contributed by atoms with Crippen molar-refractivity contribution in [2.45, 2.75) is 13.8 Å². The summed E-state index contributed by atoms with van der Waals surface area (Å²) in [6, 6.07) is 10.3. The maximum atomic E-state index is 4.59. The Morgan fingerprint density at radius 2 is 1.84 bits per heavy atom. The van der Waals surface area contributed by atoms with Gasteiger partial charge in [-0.15, -0.1) is 0 Å². The summed E-state index contributed by atoms with van der Waals surface area (Å²) in [6.07, 6.45) is 12.9. The first kappa shape index (κ1) is 19.6. The van der Waals surface area contributed by atoms with E-state index in [1.165, 1.54) is 0 Å². The van der Waals surface area contributed by atoms with Crippen LogP contribution in [0.2, 0.25) is 0 Å². The average molecular weight is 419 g/mol. The largest absolute Gasteiger partial charge is 0.357 e. The van der Waals surface area contributed by atoms with Gasteiger partial charge in [-0.3, -0.25) is 20.1 Å². The Bertz CT molecular complexity index is 1460. The maximum Gasteiger partial charge on any atom is 0.116 e. The first-order valence-electron chi connectivity index (χ1n) is 10.3. The van der Waals surface area contributed by atoms with Gasteiger partial charge in [0, 0.05) is 47.0 Å². The lowest BCUT2D eigenvalue weighted by atomic mass is 9.98. The van der Waals surface area contributed by atoms with E-state index in [0.717, 1.165) is 61.5 Å². The Hall–Kier alpha value is -4.32. The van der Waals surface area contributed by atoms with Crippen LogP contribution in [0.15, 0.2) is 80.0 Å². The summed E-state index contributed by atoms with van der Waals surface area (Å²) < 4.78 is 0. The van der Waals surface area contributed by atoms with E-state index < -0.39 is 0 Å². The normalized spacial score (nSPS) is 11.8. The zero-order valence-electron chi connectivity index (χ0n) is 17.9. The van der Waals surface area contributed by atoms with Crippen molar-refractivity contribution in [3.05, 3.63) is 102 Å². The molecular formula is C26H22N6. The molecule has 5 aromatic rings. The van der Waals surface area contributed by atoms with Crippen LogP contribution in [0.1, 0.15) is 22.4 Å². The number of rotatable bonds is 5. The van der Waals surface area contributed by atoms with Crippen LogP contribution in [0.3, 0.4) is 0 Å². The van der Waals surface area contributed by atoms with Crippen LogP contribution >= 0.6 is 0 Å². The van der Waals surface area contributed by atoms with E-state index >= 15 is 0 Å². The van der Waals surface area contributed by atoms with Crippen molar-refractivity contribution in [2.75, 3.05) is 0 Å². The number of allylic oxidation sites excluding steroid dienone is 2. The molecule has 156 valence electrons. The number of aryl methyl sites for hydroxylation is 2. The third-order valence-corrected chi connectivity index (χ3v) is 5.45. The van der Waals surface area contributed by atoms with Gasteiger partial charge >= 0.3 is 0 Å². The van der Waals surface area contributed by atoms with Gasteiger partial charge in [-0.1, -0.05) is 18.7 Å². The van der Waals surface area contributed by atoms with E-state index in [-0.39, 0.29) is 0 Å². The number of aromatic nitrogens is 6. The molecule has 6 nitrogen and oxygen atoms in total. The van der Waals surface area contributed by atoms with Crippen LogP contribution in [0.4, 0.5) is 0 Å². The second-order valence-electron chi connectivity index (χ2n) is 7.71. The van der Waals surface area contributed by atoms with E-state index in [4.69, 9.17) is 0 Å². The molecule has 32 heavy (non-hydrogen) atoms. The van der Waals surface area contributed by atoms with E-state index in [0.29, 0.717) is 0 Å². The van der Waals surface area contributed by atoms with Crippen molar-refractivity contribution < 1.29 is 0 Å². The molecule has 5 heterocycles. The first-order chi connectivity index (χ1) is 15.6. The Kier molecular flexibility index (Phi) is 4.95. The van der Waals surface area contributed by atoms with Crippen LogP contribution < -0.4 is 0 Å². The van der Waals surface area contributed by atoms with Crippen molar-refractivity contribution >= 4 is 16.5 Å². The Labute approximate surface area is 185 Å². The van der Waals surface area contributed by atoms with Crippen LogP contribution in [0, 0.1) is 13.8 Å². The molecule has 0 unspecified atom stereocenters. The maximum absolute atomic E-state index is 4.59. The molecular weight excluding hydrogens is 396 g/mol. The van der Waals surface area contributed by atoms with Gasteiger partial charge in [-0.25, -0.2) is 0 Å². The molecule has 0 atom stereocenters. The number of pyridine rings is 3. The van der Waals surface area contributed by atoms with Crippen molar-refractivity contribution in [1.82, 2.24) is 30.1 Å². The van der Waals surface area contributed by atoms with E-state index in [1.807, 2.05) is 43.7 Å². The van der Waals surface area contributed by atoms with Crippen molar-refractivity contribution in [3.8, 4) is 22.6 Å². The fourth-order valence-corrected chi connectivity index (χ4v) is 3.93. The van der Waals surface area contributed by atoms with Gasteiger partial charge in [-0.05, 0) is 60.9 Å². The molecule has 0 aromatic carbocycles. The van der Waals surface area contributed by atoms with Crippen LogP contribution in [-0.4, -0.2) is 30.1 Å². The van der Waals surface area contributed by atoms with Crippen molar-refractivity contribution in [2.24, 2.45) is 0 Å². The summed E-state index contributed by atoms with van der Waals surface area (Å²) in [7, 11) is 0. The predicted molar refractivity (Wildman–Crippen MR) is 128 cm³/mol. The molecule has 0 aliphatic heterocycles. The molecule has 0 radical (unpaired) electrons. The quantitative estimate of drug-likeness (QED) is 0.362. The lowest BCUT2D eigenvalue weighted by molar-refractivity contribution is 1.11. The van der Waals surface area contributed by atoms with E-state index in [2.05, 4.69) is 61.8 Å². The second-order valence-corrected chi connectivity index (χ2v) is 7.71. The molecule has 6 heteroatoms. The Morgan fingerprint density at radius 1 is 1.00 bits per heavy atom. The lowest BCUT2D eigenvalue weighted by Gasteiger charge is -2.06. The molecule has 0 saturated heterocycles. The topological polar surface area (TPSA) is 83.1 Å². The second kappa shape index (κ2) is 8.07. The standard InChI is InChI=1S/C26H22N6/c1-4-5-20(18-6-8-27-9-7-18)21-11-24(30-17(21)3)26-22-12-23(29-15-25(22)31-32-26)19-10-16(2)13-28-14-19/h4-15,30H,1H2,2-3H3,(H,31,32)/b20-5-. The number of H-pyrrole nitrogens is 2. The molecule has 0 bridgehead atoms. The summed E-state index contributed by atoms with van der Waals surface area (Å²) in [5.41, 5.74) is 9.93. The van der Waals surface area contributed by atoms with Crippen LogP contribution in [0.5, 0.6) is 0 Å². The summed E-state index contributed by atoms with van der Waals surface area (Å²) in [5, 5.41) is 8.70. The zero-order valence-corrected chi connectivity index (χ0v) is 17.9. The monoisotopic (exact) mass is 418 g/mol. The molecule has 0 aliphatic rings. The molecule has 0 aliphatic carbocycles. The molecule has 5 rings (SSSR count). The van der Waals surface area contributed by atoms with Gasteiger partial charge in [0.1, 0.15) is 5.69 Å². The minimum Gasteiger partial charge on any atom is -0.357 e. The SMILES string of the molecule is C=C/C=C(/c1ccncc1)c1cc(-c2n[nH]c3cnc(-c4cncc(C)c4)cc23)[nH]c1C. The van der Waals surface area contributed by atoms with Crippen LogP contribution in [-0.2, 0) is 0 Å². The zero-order chi connectivity index (χ0) is 22.1. The third kappa shape index (κ3) is 3.52. The molecule has 5 aromatic heterocycles. The van der Waals surface area contributed by atoms with E-state index in [9.17, 15) is 0 Å². The summed E-state index contributed by atoms with van der Waals surface area (Å²) in [4.78, 5) is 16.5. The minimum atomic E-state index is 0.853. The fraction of sp³-hybridized carbons (Fsp3) is 0.0769. The van der Waals surface area contributed by atoms with Crippen molar-refractivity contribution in [1.29, 1.82) is 0 Å². The van der Waals surface area contributed by atoms with Crippen LogP contribution in [0.25, 0.3) is 39.1 Å². The van der Waals surface area contributed by atoms with Gasteiger partial charge in [0.05, 0.1) is 23.1 Å². The van der Waals surface area contributed by atoms with Gasteiger partial charge in [0.2, 0.25) is 0 Å². The van der Waals surface area contributed by atoms with Gasteiger partial charge in [0.25, 0.3) is 0 Å². The molecule has 0 spiro atoms. The molecule has 0 amide bonds. The molecule has 0 fully saturated rings. The minimum absolute atomic E-state index is 0.853. The lowest BCUT2D eigenvalue weighted by Crippen LogP contribution is -1.88. The smallest absolute Gasteiger partial charge is 0.116 e. The molecule has 2 N–H and O–H groups in total. The summed E-state index contributed by atoms with van der Waals surface area (Å²) >= 11 is 0. The number of fused-ring (bicyclic) bond motifs is 1. The number of nitrogens with zero attached hydrogens (tertiary/aromatic N) is 4.